The summed E-state index contributed by atoms with van der Waals surface area (Å²) in [5.74, 6) is 0. The summed E-state index contributed by atoms with van der Waals surface area (Å²) in [6, 6.07) is 19.0. The molecule has 1 aromatic heterocycles. The molecule has 0 aliphatic carbocycles. The lowest BCUT2D eigenvalue weighted by atomic mass is 10.2. The first-order valence-corrected chi connectivity index (χ1v) is 5.56. The average molecular weight is 222 g/mol. The van der Waals surface area contributed by atoms with E-state index in [9.17, 15) is 0 Å². The number of hydrogen-bond donors (Lipinski definition) is 1. The van der Waals surface area contributed by atoms with Crippen LogP contribution < -0.4 is 0 Å². The molecule has 0 aliphatic rings. The number of aliphatic hydroxyl groups excluding tert-OH is 1. The Labute approximate surface area is 99.7 Å². The Morgan fingerprint density at radius 1 is 1.06 bits per heavy atom. The summed E-state index contributed by atoms with van der Waals surface area (Å²) in [4.78, 5) is 0. The summed E-state index contributed by atoms with van der Waals surface area (Å²) >= 11 is 0. The van der Waals surface area contributed by atoms with E-state index in [4.69, 9.17) is 5.11 Å². The fraction of sp³-hybridized carbons (Fsp3) is 0.0667. The summed E-state index contributed by atoms with van der Waals surface area (Å²) < 4.78 is 2.13. The zero-order valence-corrected chi connectivity index (χ0v) is 9.30. The molecule has 3 rings (SSSR count). The highest BCUT2D eigenvalue weighted by atomic mass is 16.3. The van der Waals surface area contributed by atoms with Crippen molar-refractivity contribution in [1.29, 1.82) is 0 Å². The van der Waals surface area contributed by atoms with Crippen LogP contribution in [0, 0.1) is 6.07 Å². The second-order valence-electron chi connectivity index (χ2n) is 4.00. The molecule has 0 amide bonds. The van der Waals surface area contributed by atoms with E-state index in [0.29, 0.717) is 0 Å². The lowest BCUT2D eigenvalue weighted by Crippen LogP contribution is -1.92. The molecule has 0 bridgehead atoms. The zero-order chi connectivity index (χ0) is 11.7. The molecular weight excluding hydrogens is 210 g/mol. The molecule has 2 nitrogen and oxygen atoms in total. The second kappa shape index (κ2) is 4.07. The fourth-order valence-electron chi connectivity index (χ4n) is 2.01. The first-order chi connectivity index (χ1) is 8.38. The maximum atomic E-state index is 9.02. The van der Waals surface area contributed by atoms with E-state index < -0.39 is 0 Å². The third kappa shape index (κ3) is 1.73. The van der Waals surface area contributed by atoms with Gasteiger partial charge in [0.15, 0.2) is 0 Å². The van der Waals surface area contributed by atoms with Crippen molar-refractivity contribution < 1.29 is 5.11 Å². The Kier molecular flexibility index (Phi) is 2.42. The predicted octanol–water partition coefficient (Wildman–Crippen LogP) is 2.92. The van der Waals surface area contributed by atoms with Crippen LogP contribution in [0.3, 0.4) is 0 Å². The summed E-state index contributed by atoms with van der Waals surface area (Å²) in [5, 5.41) is 10.2. The van der Waals surface area contributed by atoms with Gasteiger partial charge in [-0.05, 0) is 42.0 Å². The minimum absolute atomic E-state index is 0.0850. The van der Waals surface area contributed by atoms with Crippen molar-refractivity contribution in [2.24, 2.45) is 0 Å². The van der Waals surface area contributed by atoms with E-state index in [-0.39, 0.29) is 6.61 Å². The molecular formula is C15H12NO. The Morgan fingerprint density at radius 3 is 2.65 bits per heavy atom. The molecule has 0 saturated heterocycles. The molecule has 0 fully saturated rings. The standard InChI is InChI=1S/C15H12NO/c17-11-12-5-7-14(8-6-12)16-10-9-13-3-1-2-4-15(13)16/h2-10,17H,11H2. The summed E-state index contributed by atoms with van der Waals surface area (Å²) in [7, 11) is 0. The minimum Gasteiger partial charge on any atom is -0.392 e. The Hall–Kier alpha value is -2.06. The molecule has 17 heavy (non-hydrogen) atoms. The topological polar surface area (TPSA) is 25.2 Å². The van der Waals surface area contributed by atoms with Crippen LogP contribution in [0.15, 0.2) is 54.7 Å². The van der Waals surface area contributed by atoms with Gasteiger partial charge >= 0.3 is 0 Å². The van der Waals surface area contributed by atoms with Crippen LogP contribution in [0.25, 0.3) is 16.6 Å². The van der Waals surface area contributed by atoms with Crippen LogP contribution in [-0.2, 0) is 6.61 Å². The van der Waals surface area contributed by atoms with E-state index in [0.717, 1.165) is 11.3 Å². The summed E-state index contributed by atoms with van der Waals surface area (Å²) in [6.45, 7) is 0.0850. The van der Waals surface area contributed by atoms with Crippen molar-refractivity contribution in [3.63, 3.8) is 0 Å². The molecule has 0 unspecified atom stereocenters. The number of hydrogen-bond acceptors (Lipinski definition) is 1. The van der Waals surface area contributed by atoms with E-state index >= 15 is 0 Å². The quantitative estimate of drug-likeness (QED) is 0.708. The third-order valence-corrected chi connectivity index (χ3v) is 2.93. The Bertz CT molecular complexity index is 637. The van der Waals surface area contributed by atoms with E-state index in [1.165, 1.54) is 10.9 Å². The average Bonchev–Trinajstić information content (AvgIpc) is 2.83. The fourth-order valence-corrected chi connectivity index (χ4v) is 2.01. The maximum Gasteiger partial charge on any atom is 0.0681 e. The van der Waals surface area contributed by atoms with Crippen LogP contribution in [0.4, 0.5) is 0 Å². The normalized spacial score (nSPS) is 10.9. The molecule has 2 aromatic carbocycles. The smallest absolute Gasteiger partial charge is 0.0681 e. The van der Waals surface area contributed by atoms with E-state index in [2.05, 4.69) is 22.8 Å². The monoisotopic (exact) mass is 222 g/mol. The van der Waals surface area contributed by atoms with Crippen molar-refractivity contribution >= 4 is 10.9 Å². The van der Waals surface area contributed by atoms with Crippen LogP contribution in [0.1, 0.15) is 5.56 Å². The van der Waals surface area contributed by atoms with Gasteiger partial charge in [0.1, 0.15) is 0 Å². The number of aliphatic hydroxyl groups is 1. The van der Waals surface area contributed by atoms with Gasteiger partial charge in [0.2, 0.25) is 0 Å². The lowest BCUT2D eigenvalue weighted by Gasteiger charge is -2.06. The first-order valence-electron chi connectivity index (χ1n) is 5.56. The van der Waals surface area contributed by atoms with Crippen LogP contribution in [0.5, 0.6) is 0 Å². The molecule has 2 heteroatoms. The molecule has 1 N–H and O–H groups in total. The van der Waals surface area contributed by atoms with Gasteiger partial charge < -0.3 is 9.67 Å². The molecule has 1 radical (unpaired) electrons. The van der Waals surface area contributed by atoms with Crippen molar-refractivity contribution in [3.05, 3.63) is 66.4 Å². The molecule has 83 valence electrons. The second-order valence-corrected chi connectivity index (χ2v) is 4.00. The maximum absolute atomic E-state index is 9.02. The van der Waals surface area contributed by atoms with Gasteiger partial charge in [-0.1, -0.05) is 18.2 Å². The number of fused-ring (bicyclic) bond motifs is 1. The SMILES string of the molecule is OCc1ccc(-n2ccc3c[c]ccc32)cc1. The minimum atomic E-state index is 0.0850. The molecule has 3 aromatic rings. The van der Waals surface area contributed by atoms with E-state index in [1.807, 2.05) is 42.6 Å². The molecule has 0 saturated carbocycles. The van der Waals surface area contributed by atoms with Gasteiger partial charge in [-0.3, -0.25) is 0 Å². The molecule has 0 spiro atoms. The van der Waals surface area contributed by atoms with Gasteiger partial charge in [-0.25, -0.2) is 0 Å². The number of nitrogens with zero attached hydrogens (tertiary/aromatic N) is 1. The van der Waals surface area contributed by atoms with Crippen molar-refractivity contribution in [2.45, 2.75) is 6.61 Å². The Balaban J connectivity index is 2.13. The third-order valence-electron chi connectivity index (χ3n) is 2.93. The largest absolute Gasteiger partial charge is 0.392 e. The van der Waals surface area contributed by atoms with Crippen LogP contribution >= 0.6 is 0 Å². The predicted molar refractivity (Wildman–Crippen MR) is 68.0 cm³/mol. The lowest BCUT2D eigenvalue weighted by molar-refractivity contribution is 0.282. The van der Waals surface area contributed by atoms with Crippen LogP contribution in [-0.4, -0.2) is 9.67 Å². The van der Waals surface area contributed by atoms with Gasteiger partial charge in [0, 0.05) is 17.3 Å². The zero-order valence-electron chi connectivity index (χ0n) is 9.30. The van der Waals surface area contributed by atoms with E-state index in [1.54, 1.807) is 0 Å². The highest BCUT2D eigenvalue weighted by molar-refractivity contribution is 5.81. The first kappa shape index (κ1) is 10.1. The number of benzene rings is 2. The molecule has 0 atom stereocenters. The van der Waals surface area contributed by atoms with Gasteiger partial charge in [0.25, 0.3) is 0 Å². The van der Waals surface area contributed by atoms with Crippen molar-refractivity contribution in [3.8, 4) is 5.69 Å². The van der Waals surface area contributed by atoms with Gasteiger partial charge in [-0.2, -0.15) is 0 Å². The van der Waals surface area contributed by atoms with Crippen molar-refractivity contribution in [2.75, 3.05) is 0 Å². The molecule has 1 heterocycles. The summed E-state index contributed by atoms with van der Waals surface area (Å²) in [6.07, 6.45) is 2.05. The number of rotatable bonds is 2. The van der Waals surface area contributed by atoms with Crippen LogP contribution in [0.2, 0.25) is 0 Å². The number of aromatic nitrogens is 1. The Morgan fingerprint density at radius 2 is 1.88 bits per heavy atom. The van der Waals surface area contributed by atoms with Gasteiger partial charge in [0.05, 0.1) is 12.1 Å². The van der Waals surface area contributed by atoms with Crippen molar-refractivity contribution in [1.82, 2.24) is 4.57 Å². The summed E-state index contributed by atoms with van der Waals surface area (Å²) in [5.41, 5.74) is 3.20. The highest BCUT2D eigenvalue weighted by Gasteiger charge is 2.01. The molecule has 0 aliphatic heterocycles. The highest BCUT2D eigenvalue weighted by Crippen LogP contribution is 2.20. The van der Waals surface area contributed by atoms with Gasteiger partial charge in [-0.15, -0.1) is 0 Å².